The minimum absolute atomic E-state index is 0.459. The monoisotopic (exact) mass is 237 g/mol. The van der Waals surface area contributed by atoms with Crippen molar-refractivity contribution in [3.63, 3.8) is 0 Å². The third kappa shape index (κ3) is 1.53. The van der Waals surface area contributed by atoms with Crippen molar-refractivity contribution in [3.8, 4) is 17.4 Å². The predicted molar refractivity (Wildman–Crippen MR) is 61.0 cm³/mol. The first-order valence-corrected chi connectivity index (χ1v) is 5.16. The van der Waals surface area contributed by atoms with Gasteiger partial charge in [-0.3, -0.25) is 0 Å². The Labute approximate surface area is 102 Å². The molecule has 0 N–H and O–H groups in total. The summed E-state index contributed by atoms with van der Waals surface area (Å²) in [7, 11) is 0. The molecular weight excluding hydrogens is 230 g/mol. The van der Waals surface area contributed by atoms with Crippen molar-refractivity contribution in [2.75, 3.05) is 0 Å². The molecular formula is C11H7N7. The maximum Gasteiger partial charge on any atom is 0.131 e. The third-order valence-electron chi connectivity index (χ3n) is 2.39. The Balaban J connectivity index is 2.30. The van der Waals surface area contributed by atoms with Crippen molar-refractivity contribution in [2.24, 2.45) is 0 Å². The molecule has 3 aromatic rings. The second-order valence-corrected chi connectivity index (χ2v) is 3.42. The molecule has 0 saturated heterocycles. The van der Waals surface area contributed by atoms with Gasteiger partial charge in [0.25, 0.3) is 0 Å². The van der Waals surface area contributed by atoms with Gasteiger partial charge >= 0.3 is 0 Å². The van der Waals surface area contributed by atoms with Crippen LogP contribution in [-0.2, 0) is 0 Å². The van der Waals surface area contributed by atoms with E-state index < -0.39 is 0 Å². The highest BCUT2D eigenvalue weighted by atomic mass is 15.5. The van der Waals surface area contributed by atoms with Crippen LogP contribution in [0.15, 0.2) is 43.0 Å². The quantitative estimate of drug-likeness (QED) is 0.655. The fourth-order valence-electron chi connectivity index (χ4n) is 1.66. The van der Waals surface area contributed by atoms with Crippen LogP contribution in [-0.4, -0.2) is 30.0 Å². The smallest absolute Gasteiger partial charge is 0.131 e. The van der Waals surface area contributed by atoms with Crippen molar-refractivity contribution in [3.05, 3.63) is 48.5 Å². The van der Waals surface area contributed by atoms with Crippen LogP contribution < -0.4 is 0 Å². The van der Waals surface area contributed by atoms with Gasteiger partial charge in [-0.25, -0.2) is 0 Å². The van der Waals surface area contributed by atoms with Gasteiger partial charge in [-0.1, -0.05) is 6.07 Å². The number of hydrogen-bond donors (Lipinski definition) is 0. The Morgan fingerprint density at radius 1 is 0.889 bits per heavy atom. The van der Waals surface area contributed by atoms with Gasteiger partial charge in [-0.05, 0) is 12.1 Å². The minimum Gasteiger partial charge on any atom is -0.192 e. The van der Waals surface area contributed by atoms with Crippen LogP contribution in [0.25, 0.3) is 11.4 Å². The normalized spacial score (nSPS) is 10.2. The second kappa shape index (κ2) is 4.10. The Hall–Kier alpha value is -3.01. The van der Waals surface area contributed by atoms with Crippen LogP contribution in [0.5, 0.6) is 0 Å². The summed E-state index contributed by atoms with van der Waals surface area (Å²) in [5.74, 6) is 0. The summed E-state index contributed by atoms with van der Waals surface area (Å²) in [5, 5.41) is 25.4. The highest BCUT2D eigenvalue weighted by molar-refractivity contribution is 5.59. The van der Waals surface area contributed by atoms with Crippen LogP contribution in [0, 0.1) is 11.3 Å². The van der Waals surface area contributed by atoms with Crippen molar-refractivity contribution in [1.82, 2.24) is 30.0 Å². The van der Waals surface area contributed by atoms with Gasteiger partial charge in [0, 0.05) is 0 Å². The molecule has 3 rings (SSSR count). The van der Waals surface area contributed by atoms with E-state index in [-0.39, 0.29) is 0 Å². The van der Waals surface area contributed by atoms with Crippen LogP contribution in [0.3, 0.4) is 0 Å². The van der Waals surface area contributed by atoms with E-state index in [1.54, 1.807) is 43.0 Å². The van der Waals surface area contributed by atoms with Crippen LogP contribution >= 0.6 is 0 Å². The van der Waals surface area contributed by atoms with E-state index in [9.17, 15) is 5.26 Å². The Kier molecular flexibility index (Phi) is 2.32. The summed E-state index contributed by atoms with van der Waals surface area (Å²) in [6.45, 7) is 0. The fraction of sp³-hybridized carbons (Fsp3) is 0. The van der Waals surface area contributed by atoms with E-state index in [2.05, 4.69) is 26.5 Å². The zero-order chi connectivity index (χ0) is 12.4. The summed E-state index contributed by atoms with van der Waals surface area (Å²) in [6, 6.07) is 7.39. The summed E-state index contributed by atoms with van der Waals surface area (Å²) in [5.41, 5.74) is 1.66. The number of hydrogen-bond acceptors (Lipinski definition) is 5. The molecule has 0 radical (unpaired) electrons. The van der Waals surface area contributed by atoms with Crippen molar-refractivity contribution in [2.45, 2.75) is 0 Å². The number of nitriles is 1. The summed E-state index contributed by atoms with van der Waals surface area (Å²) >= 11 is 0. The van der Waals surface area contributed by atoms with E-state index in [1.807, 2.05) is 0 Å². The lowest BCUT2D eigenvalue weighted by Crippen LogP contribution is -2.09. The van der Waals surface area contributed by atoms with Crippen molar-refractivity contribution in [1.29, 1.82) is 5.26 Å². The average Bonchev–Trinajstić information content (AvgIpc) is 3.10. The molecule has 2 heterocycles. The lowest BCUT2D eigenvalue weighted by Gasteiger charge is -2.08. The standard InChI is InChI=1S/C11H7N7/c12-8-9-2-1-3-10(17-13-4-5-14-17)11(9)18-15-6-7-16-18/h1-7H. The Morgan fingerprint density at radius 3 is 2.11 bits per heavy atom. The molecule has 1 aromatic carbocycles. The van der Waals surface area contributed by atoms with E-state index in [0.717, 1.165) is 0 Å². The minimum atomic E-state index is 0.459. The zero-order valence-electron chi connectivity index (χ0n) is 9.17. The Morgan fingerprint density at radius 2 is 1.50 bits per heavy atom. The molecule has 0 atom stereocenters. The second-order valence-electron chi connectivity index (χ2n) is 3.42. The SMILES string of the molecule is N#Cc1cccc(-n2nccn2)c1-n1nccn1. The van der Waals surface area contributed by atoms with E-state index >= 15 is 0 Å². The lowest BCUT2D eigenvalue weighted by molar-refractivity contribution is 0.703. The summed E-state index contributed by atoms with van der Waals surface area (Å²) in [6.07, 6.45) is 6.24. The van der Waals surface area contributed by atoms with Gasteiger partial charge in [0.05, 0.1) is 30.4 Å². The zero-order valence-corrected chi connectivity index (χ0v) is 9.17. The topological polar surface area (TPSA) is 85.2 Å². The van der Waals surface area contributed by atoms with E-state index in [0.29, 0.717) is 16.9 Å². The highest BCUT2D eigenvalue weighted by Crippen LogP contribution is 2.20. The fourth-order valence-corrected chi connectivity index (χ4v) is 1.66. The van der Waals surface area contributed by atoms with Gasteiger partial charge < -0.3 is 0 Å². The summed E-state index contributed by atoms with van der Waals surface area (Å²) < 4.78 is 0. The molecule has 0 amide bonds. The van der Waals surface area contributed by atoms with E-state index in [1.165, 1.54) is 9.59 Å². The summed E-state index contributed by atoms with van der Waals surface area (Å²) in [4.78, 5) is 2.82. The third-order valence-corrected chi connectivity index (χ3v) is 2.39. The van der Waals surface area contributed by atoms with Gasteiger partial charge in [0.2, 0.25) is 0 Å². The number of aromatic nitrogens is 6. The van der Waals surface area contributed by atoms with Gasteiger partial charge in [0.1, 0.15) is 17.4 Å². The molecule has 0 aliphatic rings. The van der Waals surface area contributed by atoms with Crippen LogP contribution in [0.2, 0.25) is 0 Å². The van der Waals surface area contributed by atoms with Crippen molar-refractivity contribution >= 4 is 0 Å². The maximum absolute atomic E-state index is 9.17. The number of nitrogens with zero attached hydrogens (tertiary/aromatic N) is 7. The number of rotatable bonds is 2. The predicted octanol–water partition coefficient (Wildman–Crippen LogP) is 0.720. The largest absolute Gasteiger partial charge is 0.192 e. The molecule has 0 saturated carbocycles. The van der Waals surface area contributed by atoms with Crippen LogP contribution in [0.4, 0.5) is 0 Å². The van der Waals surface area contributed by atoms with Gasteiger partial charge in [0.15, 0.2) is 0 Å². The number of para-hydroxylation sites is 1. The average molecular weight is 237 g/mol. The molecule has 0 fully saturated rings. The van der Waals surface area contributed by atoms with Crippen LogP contribution in [0.1, 0.15) is 5.56 Å². The van der Waals surface area contributed by atoms with Crippen molar-refractivity contribution < 1.29 is 0 Å². The molecule has 0 unspecified atom stereocenters. The molecule has 18 heavy (non-hydrogen) atoms. The highest BCUT2D eigenvalue weighted by Gasteiger charge is 2.14. The molecule has 0 aliphatic heterocycles. The molecule has 0 spiro atoms. The molecule has 0 aliphatic carbocycles. The first kappa shape index (κ1) is 10.2. The molecule has 86 valence electrons. The molecule has 7 heteroatoms. The lowest BCUT2D eigenvalue weighted by atomic mass is 10.1. The first-order chi connectivity index (χ1) is 8.90. The molecule has 0 bridgehead atoms. The number of benzene rings is 1. The maximum atomic E-state index is 9.17. The molecule has 2 aromatic heterocycles. The Bertz CT molecular complexity index is 692. The first-order valence-electron chi connectivity index (χ1n) is 5.16. The van der Waals surface area contributed by atoms with Gasteiger partial charge in [-0.15, -0.1) is 9.59 Å². The molecule has 7 nitrogen and oxygen atoms in total. The van der Waals surface area contributed by atoms with Gasteiger partial charge in [-0.2, -0.15) is 25.7 Å². The van der Waals surface area contributed by atoms with E-state index in [4.69, 9.17) is 0 Å².